The van der Waals surface area contributed by atoms with Crippen molar-refractivity contribution in [2.75, 3.05) is 19.8 Å². The first-order chi connectivity index (χ1) is 10.9. The first-order valence-corrected chi connectivity index (χ1v) is 8.31. The Morgan fingerprint density at radius 3 is 2.74 bits per heavy atom. The van der Waals surface area contributed by atoms with Crippen LogP contribution in [0.2, 0.25) is 0 Å². The second-order valence-corrected chi connectivity index (χ2v) is 6.48. The van der Waals surface area contributed by atoms with Gasteiger partial charge in [0, 0.05) is 20.6 Å². The Morgan fingerprint density at radius 2 is 2.09 bits per heavy atom. The lowest BCUT2D eigenvalue weighted by Gasteiger charge is -2.24. The van der Waals surface area contributed by atoms with E-state index in [4.69, 9.17) is 14.2 Å². The number of rotatable bonds is 3. The maximum absolute atomic E-state index is 12.0. The molecule has 1 saturated heterocycles. The fourth-order valence-electron chi connectivity index (χ4n) is 2.60. The number of ether oxygens (including phenoxy) is 3. The normalized spacial score (nSPS) is 16.7. The molecule has 0 amide bonds. The standard InChI is InChI=1S/C16H16INO5/c1-3-21-15(20)12-8-13(19)10-6-9(17)7-11(14(10)18-12)16(2)22-4-5-23-16/h6-8H,3-5H2,1-2H3,(H,18,19). The SMILES string of the molecule is CCOC(=O)c1cc(O)c2cc(I)cc(C3(C)OCCO3)c2n1. The molecule has 1 fully saturated rings. The predicted molar refractivity (Wildman–Crippen MR) is 91.3 cm³/mol. The van der Waals surface area contributed by atoms with E-state index in [2.05, 4.69) is 27.6 Å². The molecule has 0 unspecified atom stereocenters. The first-order valence-electron chi connectivity index (χ1n) is 7.23. The van der Waals surface area contributed by atoms with Gasteiger partial charge in [-0.15, -0.1) is 0 Å². The molecule has 1 aliphatic rings. The van der Waals surface area contributed by atoms with Gasteiger partial charge < -0.3 is 19.3 Å². The number of carbonyl (C=O) groups excluding carboxylic acids is 1. The number of esters is 1. The molecule has 122 valence electrons. The van der Waals surface area contributed by atoms with Crippen LogP contribution in [0.25, 0.3) is 10.9 Å². The van der Waals surface area contributed by atoms with Gasteiger partial charge in [0.15, 0.2) is 11.5 Å². The van der Waals surface area contributed by atoms with Crippen molar-refractivity contribution in [3.8, 4) is 5.75 Å². The molecule has 0 bridgehead atoms. The highest BCUT2D eigenvalue weighted by molar-refractivity contribution is 14.1. The van der Waals surface area contributed by atoms with Crippen molar-refractivity contribution in [3.05, 3.63) is 33.0 Å². The molecule has 7 heteroatoms. The summed E-state index contributed by atoms with van der Waals surface area (Å²) in [5, 5.41) is 10.9. The van der Waals surface area contributed by atoms with Crippen LogP contribution in [-0.4, -0.2) is 35.9 Å². The van der Waals surface area contributed by atoms with Crippen molar-refractivity contribution in [2.24, 2.45) is 0 Å². The van der Waals surface area contributed by atoms with Gasteiger partial charge >= 0.3 is 5.97 Å². The molecule has 2 aromatic rings. The highest BCUT2D eigenvalue weighted by Crippen LogP contribution is 2.38. The minimum absolute atomic E-state index is 0.0283. The van der Waals surface area contributed by atoms with E-state index >= 15 is 0 Å². The van der Waals surface area contributed by atoms with E-state index in [1.807, 2.05) is 6.07 Å². The van der Waals surface area contributed by atoms with Gasteiger partial charge in [-0.3, -0.25) is 0 Å². The van der Waals surface area contributed by atoms with E-state index in [0.29, 0.717) is 29.7 Å². The summed E-state index contributed by atoms with van der Waals surface area (Å²) in [4.78, 5) is 16.3. The zero-order valence-corrected chi connectivity index (χ0v) is 14.9. The van der Waals surface area contributed by atoms with Gasteiger partial charge in [-0.2, -0.15) is 0 Å². The molecule has 2 heterocycles. The Labute approximate surface area is 146 Å². The number of hydrogen-bond acceptors (Lipinski definition) is 6. The van der Waals surface area contributed by atoms with Crippen molar-refractivity contribution in [2.45, 2.75) is 19.6 Å². The molecule has 1 aromatic carbocycles. The third kappa shape index (κ3) is 3.00. The second-order valence-electron chi connectivity index (χ2n) is 5.24. The van der Waals surface area contributed by atoms with Crippen molar-refractivity contribution in [3.63, 3.8) is 0 Å². The fourth-order valence-corrected chi connectivity index (χ4v) is 3.22. The van der Waals surface area contributed by atoms with Crippen molar-refractivity contribution in [1.29, 1.82) is 0 Å². The van der Waals surface area contributed by atoms with Crippen LogP contribution < -0.4 is 0 Å². The van der Waals surface area contributed by atoms with E-state index < -0.39 is 11.8 Å². The minimum atomic E-state index is -0.952. The largest absolute Gasteiger partial charge is 0.507 e. The number of aromatic nitrogens is 1. The molecule has 0 spiro atoms. The Hall–Kier alpha value is -1.45. The van der Waals surface area contributed by atoms with Crippen LogP contribution in [0, 0.1) is 3.57 Å². The Kier molecular flexibility index (Phi) is 4.43. The zero-order chi connectivity index (χ0) is 16.6. The maximum Gasteiger partial charge on any atom is 0.357 e. The summed E-state index contributed by atoms with van der Waals surface area (Å²) in [5.74, 6) is -1.56. The summed E-state index contributed by atoms with van der Waals surface area (Å²) in [6.07, 6.45) is 0. The maximum atomic E-state index is 12.0. The van der Waals surface area contributed by atoms with Crippen molar-refractivity contribution >= 4 is 39.5 Å². The van der Waals surface area contributed by atoms with Gasteiger partial charge in [0.2, 0.25) is 0 Å². The lowest BCUT2D eigenvalue weighted by molar-refractivity contribution is -0.148. The number of hydrogen-bond donors (Lipinski definition) is 1. The van der Waals surface area contributed by atoms with Gasteiger partial charge in [-0.25, -0.2) is 9.78 Å². The minimum Gasteiger partial charge on any atom is -0.507 e. The number of nitrogens with zero attached hydrogens (tertiary/aromatic N) is 1. The molecule has 0 radical (unpaired) electrons. The molecule has 1 N–H and O–H groups in total. The lowest BCUT2D eigenvalue weighted by Crippen LogP contribution is -2.23. The third-order valence-corrected chi connectivity index (χ3v) is 4.29. The van der Waals surface area contributed by atoms with Crippen molar-refractivity contribution in [1.82, 2.24) is 4.98 Å². The molecule has 23 heavy (non-hydrogen) atoms. The Balaban J connectivity index is 2.24. The molecule has 6 nitrogen and oxygen atoms in total. The second kappa shape index (κ2) is 6.21. The molecule has 1 aliphatic heterocycles. The Bertz CT molecular complexity index is 771. The fraction of sp³-hybridized carbons (Fsp3) is 0.375. The highest BCUT2D eigenvalue weighted by Gasteiger charge is 2.36. The van der Waals surface area contributed by atoms with Crippen LogP contribution in [-0.2, 0) is 20.0 Å². The molecule has 1 aromatic heterocycles. The van der Waals surface area contributed by atoms with Gasteiger partial charge in [0.05, 0.1) is 25.3 Å². The molecule has 0 aliphatic carbocycles. The number of fused-ring (bicyclic) bond motifs is 1. The van der Waals surface area contributed by atoms with Crippen LogP contribution in [0.1, 0.15) is 29.9 Å². The topological polar surface area (TPSA) is 77.9 Å². The lowest BCUT2D eigenvalue weighted by atomic mass is 10.0. The van der Waals surface area contributed by atoms with E-state index in [1.165, 1.54) is 6.07 Å². The quantitative estimate of drug-likeness (QED) is 0.598. The monoisotopic (exact) mass is 429 g/mol. The van der Waals surface area contributed by atoms with Crippen LogP contribution in [0.15, 0.2) is 18.2 Å². The average molecular weight is 429 g/mol. The molecule has 0 saturated carbocycles. The van der Waals surface area contributed by atoms with E-state index in [1.54, 1.807) is 19.9 Å². The number of pyridine rings is 1. The Morgan fingerprint density at radius 1 is 1.39 bits per heavy atom. The third-order valence-electron chi connectivity index (χ3n) is 3.67. The molecule has 3 rings (SSSR count). The zero-order valence-electron chi connectivity index (χ0n) is 12.8. The molecular weight excluding hydrogens is 413 g/mol. The summed E-state index contributed by atoms with van der Waals surface area (Å²) in [5.41, 5.74) is 1.21. The number of halogens is 1. The summed E-state index contributed by atoms with van der Waals surface area (Å²) in [6.45, 7) is 4.72. The van der Waals surface area contributed by atoms with Gasteiger partial charge in [0.25, 0.3) is 0 Å². The molecular formula is C16H16INO5. The summed E-state index contributed by atoms with van der Waals surface area (Å²) in [7, 11) is 0. The molecule has 0 atom stereocenters. The van der Waals surface area contributed by atoms with Crippen molar-refractivity contribution < 1.29 is 24.1 Å². The number of benzene rings is 1. The summed E-state index contributed by atoms with van der Waals surface area (Å²) in [6, 6.07) is 5.00. The predicted octanol–water partition coefficient (Wildman–Crippen LogP) is 2.94. The number of aromatic hydroxyl groups is 1. The van der Waals surface area contributed by atoms with Gasteiger partial charge in [-0.05, 0) is 48.6 Å². The summed E-state index contributed by atoms with van der Waals surface area (Å²) < 4.78 is 17.3. The van der Waals surface area contributed by atoms with Crippen LogP contribution >= 0.6 is 22.6 Å². The van der Waals surface area contributed by atoms with Crippen LogP contribution in [0.5, 0.6) is 5.75 Å². The smallest absolute Gasteiger partial charge is 0.357 e. The van der Waals surface area contributed by atoms with E-state index in [9.17, 15) is 9.90 Å². The summed E-state index contributed by atoms with van der Waals surface area (Å²) >= 11 is 2.16. The number of carbonyl (C=O) groups is 1. The average Bonchev–Trinajstić information content (AvgIpc) is 2.95. The van der Waals surface area contributed by atoms with Gasteiger partial charge in [0.1, 0.15) is 5.75 Å². The van der Waals surface area contributed by atoms with Gasteiger partial charge in [-0.1, -0.05) is 0 Å². The van der Waals surface area contributed by atoms with Crippen LogP contribution in [0.4, 0.5) is 0 Å². The van der Waals surface area contributed by atoms with Crippen LogP contribution in [0.3, 0.4) is 0 Å². The highest BCUT2D eigenvalue weighted by atomic mass is 127. The first kappa shape index (κ1) is 16.4. The van der Waals surface area contributed by atoms with E-state index in [0.717, 1.165) is 3.57 Å². The van der Waals surface area contributed by atoms with E-state index in [-0.39, 0.29) is 18.1 Å².